The second kappa shape index (κ2) is 10.3. The second-order valence-electron chi connectivity index (χ2n) is 13.4. The molecule has 0 radical (unpaired) electrons. The lowest BCUT2D eigenvalue weighted by atomic mass is 9.44. The summed E-state index contributed by atoms with van der Waals surface area (Å²) in [5, 5.41) is 35.2. The molecule has 210 valence electrons. The Balaban J connectivity index is 1.40. The van der Waals surface area contributed by atoms with Gasteiger partial charge in [-0.3, -0.25) is 9.59 Å². The number of aliphatic hydroxyl groups excluding tert-OH is 3. The quantitative estimate of drug-likeness (QED) is 0.274. The van der Waals surface area contributed by atoms with E-state index >= 15 is 0 Å². The monoisotopic (exact) mass is 526 g/mol. The fraction of sp³-hybridized carbons (Fsp3) is 0.742. The predicted molar refractivity (Wildman–Crippen MR) is 146 cm³/mol. The molecule has 0 spiro atoms. The third kappa shape index (κ3) is 4.43. The van der Waals surface area contributed by atoms with Crippen molar-refractivity contribution in [3.8, 4) is 0 Å². The molecule has 12 atom stereocenters. The van der Waals surface area contributed by atoms with Crippen LogP contribution in [0.2, 0.25) is 0 Å². The number of allylic oxidation sites excluding steroid dienone is 3. The number of fused-ring (bicyclic) bond motifs is 3. The Labute approximate surface area is 226 Å². The summed E-state index contributed by atoms with van der Waals surface area (Å²) in [5.74, 6) is -0.237. The minimum Gasteiger partial charge on any atom is -0.512 e. The number of hydrogen-bond acceptors (Lipinski definition) is 7. The van der Waals surface area contributed by atoms with Crippen molar-refractivity contribution in [3.63, 3.8) is 0 Å². The van der Waals surface area contributed by atoms with E-state index in [0.29, 0.717) is 30.7 Å². The molecule has 38 heavy (non-hydrogen) atoms. The van der Waals surface area contributed by atoms with Crippen LogP contribution in [0, 0.1) is 58.7 Å². The SMILES string of the molecule is CC(C)NCC1C=CC(C2C=CC(O)C3C(=O)C4C(C)[C@]5(C)C(=O)C(C(N)O)=C(O)C[C@@H]5C[C@@H]4CC23)CC1. The Morgan fingerprint density at radius 1 is 1.11 bits per heavy atom. The Morgan fingerprint density at radius 2 is 1.84 bits per heavy atom. The zero-order chi connectivity index (χ0) is 27.5. The van der Waals surface area contributed by atoms with E-state index in [2.05, 4.69) is 37.4 Å². The highest BCUT2D eigenvalue weighted by Gasteiger charge is 2.62. The van der Waals surface area contributed by atoms with Gasteiger partial charge in [0.15, 0.2) is 5.78 Å². The van der Waals surface area contributed by atoms with Gasteiger partial charge in [-0.05, 0) is 67.1 Å². The third-order valence-electron chi connectivity index (χ3n) is 11.1. The lowest BCUT2D eigenvalue weighted by Crippen LogP contribution is -2.61. The molecule has 2 saturated carbocycles. The van der Waals surface area contributed by atoms with Crippen molar-refractivity contribution in [3.05, 3.63) is 35.6 Å². The largest absolute Gasteiger partial charge is 0.512 e. The maximum atomic E-state index is 14.2. The molecule has 0 aromatic heterocycles. The van der Waals surface area contributed by atoms with Crippen LogP contribution < -0.4 is 11.1 Å². The first-order chi connectivity index (χ1) is 17.9. The molecule has 0 saturated heterocycles. The van der Waals surface area contributed by atoms with Gasteiger partial charge in [-0.2, -0.15) is 0 Å². The van der Waals surface area contributed by atoms with Crippen LogP contribution >= 0.6 is 0 Å². The Morgan fingerprint density at radius 3 is 2.47 bits per heavy atom. The standard InChI is InChI=1S/C31H46N2O5/c1-15(2)33-14-17-5-7-18(8-6-17)21-9-10-23(34)26-22(21)12-19-11-20-13-24(35)27(30(32)38)29(37)31(20,4)16(3)25(19)28(26)36/h5,7,9-10,15-23,25-26,30,33-35,38H,6,8,11-14,32H2,1-4H3/t16?,17?,18?,19-,20+,21?,22?,23?,25?,26?,30?,31+/m1/s1. The number of carbonyl (C=O) groups excluding carboxylic acids is 2. The molecular weight excluding hydrogens is 480 g/mol. The highest BCUT2D eigenvalue weighted by Crippen LogP contribution is 2.61. The van der Waals surface area contributed by atoms with Gasteiger partial charge >= 0.3 is 0 Å². The predicted octanol–water partition coefficient (Wildman–Crippen LogP) is 3.28. The number of carbonyl (C=O) groups is 2. The average Bonchev–Trinajstić information content (AvgIpc) is 2.85. The number of aliphatic hydroxyl groups is 3. The Kier molecular flexibility index (Phi) is 7.53. The molecule has 5 rings (SSSR count). The summed E-state index contributed by atoms with van der Waals surface area (Å²) >= 11 is 0. The smallest absolute Gasteiger partial charge is 0.172 e. The van der Waals surface area contributed by atoms with Crippen LogP contribution in [0.25, 0.3) is 0 Å². The zero-order valence-electron chi connectivity index (χ0n) is 23.2. The van der Waals surface area contributed by atoms with Gasteiger partial charge in [0.05, 0.1) is 17.6 Å². The first kappa shape index (κ1) is 27.8. The van der Waals surface area contributed by atoms with Crippen LogP contribution in [-0.4, -0.2) is 51.8 Å². The molecule has 7 heteroatoms. The van der Waals surface area contributed by atoms with E-state index in [4.69, 9.17) is 5.73 Å². The van der Waals surface area contributed by atoms with E-state index in [1.165, 1.54) is 0 Å². The van der Waals surface area contributed by atoms with Crippen molar-refractivity contribution < 1.29 is 24.9 Å². The number of rotatable bonds is 5. The van der Waals surface area contributed by atoms with Crippen LogP contribution in [0.4, 0.5) is 0 Å². The summed E-state index contributed by atoms with van der Waals surface area (Å²) in [4.78, 5) is 27.8. The fourth-order valence-corrected chi connectivity index (χ4v) is 8.88. The van der Waals surface area contributed by atoms with Gasteiger partial charge in [0.2, 0.25) is 0 Å². The van der Waals surface area contributed by atoms with Crippen LogP contribution in [-0.2, 0) is 9.59 Å². The molecule has 0 amide bonds. The lowest BCUT2D eigenvalue weighted by Gasteiger charge is -2.58. The molecule has 9 unspecified atom stereocenters. The number of hydrogen-bond donors (Lipinski definition) is 5. The van der Waals surface area contributed by atoms with Gasteiger partial charge < -0.3 is 26.4 Å². The topological polar surface area (TPSA) is 133 Å². The van der Waals surface area contributed by atoms with E-state index in [1.807, 2.05) is 19.9 Å². The third-order valence-corrected chi connectivity index (χ3v) is 11.1. The minimum absolute atomic E-state index is 0.0742. The van der Waals surface area contributed by atoms with E-state index in [1.54, 1.807) is 0 Å². The van der Waals surface area contributed by atoms with Crippen molar-refractivity contribution in [2.24, 2.45) is 64.4 Å². The van der Waals surface area contributed by atoms with Crippen molar-refractivity contribution in [1.29, 1.82) is 0 Å². The number of Topliss-reactive ketones (excluding diaryl/α,β-unsaturated/α-hetero) is 2. The first-order valence-electron chi connectivity index (χ1n) is 14.7. The molecule has 5 aliphatic rings. The maximum absolute atomic E-state index is 14.2. The van der Waals surface area contributed by atoms with Gasteiger partial charge in [0.25, 0.3) is 0 Å². The Hall–Kier alpha value is -1.80. The minimum atomic E-state index is -1.54. The summed E-state index contributed by atoms with van der Waals surface area (Å²) in [5.41, 5.74) is 4.67. The van der Waals surface area contributed by atoms with E-state index < -0.39 is 23.7 Å². The molecule has 2 fully saturated rings. The van der Waals surface area contributed by atoms with Crippen molar-refractivity contribution in [2.45, 2.75) is 78.2 Å². The molecule has 0 aromatic rings. The van der Waals surface area contributed by atoms with E-state index in [9.17, 15) is 24.9 Å². The molecule has 0 heterocycles. The molecule has 5 aliphatic carbocycles. The number of nitrogens with one attached hydrogen (secondary N) is 1. The molecule has 0 aromatic carbocycles. The fourth-order valence-electron chi connectivity index (χ4n) is 8.88. The van der Waals surface area contributed by atoms with Crippen LogP contribution in [0.15, 0.2) is 35.6 Å². The molecule has 0 aliphatic heterocycles. The average molecular weight is 527 g/mol. The summed E-state index contributed by atoms with van der Waals surface area (Å²) in [7, 11) is 0. The summed E-state index contributed by atoms with van der Waals surface area (Å²) < 4.78 is 0. The molecule has 7 nitrogen and oxygen atoms in total. The van der Waals surface area contributed by atoms with E-state index in [0.717, 1.165) is 25.8 Å². The van der Waals surface area contributed by atoms with Crippen LogP contribution in [0.3, 0.4) is 0 Å². The normalized spacial score (nSPS) is 45.6. The van der Waals surface area contributed by atoms with Crippen LogP contribution in [0.1, 0.15) is 59.8 Å². The first-order valence-corrected chi connectivity index (χ1v) is 14.7. The van der Waals surface area contributed by atoms with Gasteiger partial charge in [0.1, 0.15) is 17.8 Å². The van der Waals surface area contributed by atoms with Crippen LogP contribution in [0.5, 0.6) is 0 Å². The second-order valence-corrected chi connectivity index (χ2v) is 13.4. The van der Waals surface area contributed by atoms with Gasteiger partial charge in [-0.1, -0.05) is 52.0 Å². The van der Waals surface area contributed by atoms with Gasteiger partial charge in [-0.25, -0.2) is 0 Å². The van der Waals surface area contributed by atoms with Crippen molar-refractivity contribution >= 4 is 11.6 Å². The molecule has 6 N–H and O–H groups in total. The van der Waals surface area contributed by atoms with Crippen molar-refractivity contribution in [1.82, 2.24) is 5.32 Å². The lowest BCUT2D eigenvalue weighted by molar-refractivity contribution is -0.161. The van der Waals surface area contributed by atoms with Gasteiger partial charge in [-0.15, -0.1) is 0 Å². The Bertz CT molecular complexity index is 1050. The highest BCUT2D eigenvalue weighted by molar-refractivity contribution is 6.03. The summed E-state index contributed by atoms with van der Waals surface area (Å²) in [6.07, 6.45) is 10.4. The highest BCUT2D eigenvalue weighted by atomic mass is 16.3. The number of ketones is 2. The molecular formula is C31H46N2O5. The summed E-state index contributed by atoms with van der Waals surface area (Å²) in [6.45, 7) is 9.16. The van der Waals surface area contributed by atoms with Gasteiger partial charge in [0, 0.05) is 30.3 Å². The zero-order valence-corrected chi connectivity index (χ0v) is 23.2. The summed E-state index contributed by atoms with van der Waals surface area (Å²) in [6, 6.07) is 0.467. The molecule has 0 bridgehead atoms. The maximum Gasteiger partial charge on any atom is 0.172 e. The number of nitrogens with two attached hydrogens (primary N) is 1. The van der Waals surface area contributed by atoms with E-state index in [-0.39, 0.29) is 58.4 Å². The van der Waals surface area contributed by atoms with Crippen molar-refractivity contribution in [2.75, 3.05) is 6.54 Å².